The molecule has 16 heavy (non-hydrogen) atoms. The molecule has 0 aromatic rings. The van der Waals surface area contributed by atoms with Crippen LogP contribution in [-0.2, 0) is 14.3 Å². The van der Waals surface area contributed by atoms with Crippen LogP contribution < -0.4 is 4.33 Å². The monoisotopic (exact) mass is 313 g/mol. The van der Waals surface area contributed by atoms with Crippen LogP contribution in [0.2, 0.25) is 0 Å². The van der Waals surface area contributed by atoms with Crippen molar-refractivity contribution >= 4 is 37.6 Å². The number of nitrogens with one attached hydrogen (secondary N) is 1. The van der Waals surface area contributed by atoms with Crippen molar-refractivity contribution in [1.29, 1.82) is 0 Å². The molecule has 0 aliphatic rings. The van der Waals surface area contributed by atoms with Crippen LogP contribution in [0.4, 0.5) is 0 Å². The van der Waals surface area contributed by atoms with Gasteiger partial charge >= 0.3 is 108 Å². The summed E-state index contributed by atoms with van der Waals surface area (Å²) in [6.45, 7) is 3.93. The van der Waals surface area contributed by atoms with Crippen molar-refractivity contribution in [3.05, 3.63) is 0 Å². The van der Waals surface area contributed by atoms with Gasteiger partial charge in [0.2, 0.25) is 0 Å². The molecule has 1 unspecified atom stereocenters. The molecule has 1 N–H and O–H groups in total. The van der Waals surface area contributed by atoms with Gasteiger partial charge in [0.05, 0.1) is 0 Å². The van der Waals surface area contributed by atoms with Crippen LogP contribution in [0.25, 0.3) is 0 Å². The molecule has 0 aromatic heterocycles. The second-order valence-electron chi connectivity index (χ2n) is 3.21. The Morgan fingerprint density at radius 3 is 2.69 bits per heavy atom. The Kier molecular flexibility index (Phi) is 10.1. The van der Waals surface area contributed by atoms with E-state index in [4.69, 9.17) is 4.74 Å². The van der Waals surface area contributed by atoms with Crippen LogP contribution in [0.5, 0.6) is 0 Å². The molecule has 94 valence electrons. The number of rotatable bonds is 9. The number of carbonyl (C=O) groups is 2. The molecule has 4 nitrogen and oxygen atoms in total. The van der Waals surface area contributed by atoms with Crippen molar-refractivity contribution in [3.8, 4) is 0 Å². The maximum atomic E-state index is 11.6. The first-order chi connectivity index (χ1) is 7.61. The first-order valence-electron chi connectivity index (χ1n) is 5.20. The van der Waals surface area contributed by atoms with Crippen molar-refractivity contribution in [2.75, 3.05) is 18.6 Å². The van der Waals surface area contributed by atoms with E-state index < -0.39 is 0 Å². The van der Waals surface area contributed by atoms with E-state index in [1.807, 2.05) is 13.2 Å². The van der Waals surface area contributed by atoms with Crippen LogP contribution in [0.1, 0.15) is 26.7 Å². The number of thioether (sulfide) groups is 1. The van der Waals surface area contributed by atoms with E-state index in [0.717, 1.165) is 12.2 Å². The fraction of sp³-hybridized carbons (Fsp3) is 0.800. The second kappa shape index (κ2) is 10.1. The van der Waals surface area contributed by atoms with Gasteiger partial charge < -0.3 is 0 Å². The molecule has 0 saturated carbocycles. The zero-order valence-electron chi connectivity index (χ0n) is 9.95. The summed E-state index contributed by atoms with van der Waals surface area (Å²) in [5.41, 5.74) is 0. The minimum atomic E-state index is -0.331. The van der Waals surface area contributed by atoms with Crippen molar-refractivity contribution < 1.29 is 14.3 Å². The summed E-state index contributed by atoms with van der Waals surface area (Å²) in [5.74, 6) is 0.645. The van der Waals surface area contributed by atoms with Gasteiger partial charge in [-0.15, -0.1) is 0 Å². The quantitative estimate of drug-likeness (QED) is 0.504. The summed E-state index contributed by atoms with van der Waals surface area (Å²) >= 11 is 1.35. The summed E-state index contributed by atoms with van der Waals surface area (Å²) in [6.07, 6.45) is 3.52. The van der Waals surface area contributed by atoms with E-state index in [0.29, 0.717) is 13.0 Å². The molecule has 0 aliphatic carbocycles. The fourth-order valence-electron chi connectivity index (χ4n) is 0.918. The zero-order chi connectivity index (χ0) is 12.4. The summed E-state index contributed by atoms with van der Waals surface area (Å²) in [4.78, 5) is 22.5. The fourth-order valence-corrected chi connectivity index (χ4v) is 2.49. The van der Waals surface area contributed by atoms with Crippen LogP contribution in [0.15, 0.2) is 0 Å². The Hall–Kier alpha value is -0.0305. The van der Waals surface area contributed by atoms with E-state index in [1.54, 1.807) is 11.8 Å². The third-order valence-corrected chi connectivity index (χ3v) is 3.78. The van der Waals surface area contributed by atoms with Gasteiger partial charge in [0, 0.05) is 0 Å². The molecule has 0 amide bonds. The van der Waals surface area contributed by atoms with Gasteiger partial charge in [-0.1, -0.05) is 0 Å². The SMILES string of the molecule is CCCOC(=O)C(CCSC)N[Se]C(C)=O. The van der Waals surface area contributed by atoms with Crippen LogP contribution in [0, 0.1) is 0 Å². The second-order valence-corrected chi connectivity index (χ2v) is 6.33. The third kappa shape index (κ3) is 8.16. The van der Waals surface area contributed by atoms with Gasteiger partial charge in [0.15, 0.2) is 0 Å². The summed E-state index contributed by atoms with van der Waals surface area (Å²) in [7, 11) is 0. The molecule has 0 bridgehead atoms. The number of ether oxygens (including phenoxy) is 1. The Morgan fingerprint density at radius 1 is 1.50 bits per heavy atom. The molecule has 1 atom stereocenters. The maximum absolute atomic E-state index is 11.6. The number of carbonyl (C=O) groups excluding carboxylic acids is 2. The first kappa shape index (κ1) is 16.0. The molecular formula is C10H19NO3SSe. The molecule has 0 spiro atoms. The van der Waals surface area contributed by atoms with Crippen molar-refractivity contribution in [1.82, 2.24) is 4.33 Å². The van der Waals surface area contributed by atoms with E-state index in [-0.39, 0.29) is 31.9 Å². The van der Waals surface area contributed by atoms with Gasteiger partial charge in [-0.3, -0.25) is 0 Å². The van der Waals surface area contributed by atoms with Gasteiger partial charge in [0.1, 0.15) is 0 Å². The standard InChI is InChI=1S/C10H19NO3SSe/c1-4-6-14-10(13)9(5-7-15-3)11-16-8(2)12/h9,11H,4-7H2,1-3H3. The van der Waals surface area contributed by atoms with Crippen LogP contribution in [-0.4, -0.2) is 50.5 Å². The predicted octanol–water partition coefficient (Wildman–Crippen LogP) is 0.817. The first-order valence-corrected chi connectivity index (χ1v) is 8.31. The van der Waals surface area contributed by atoms with Gasteiger partial charge in [-0.05, 0) is 0 Å². The number of hydrogen-bond acceptors (Lipinski definition) is 5. The number of hydrogen-bond donors (Lipinski definition) is 1. The third-order valence-electron chi connectivity index (χ3n) is 1.69. The minimum absolute atomic E-state index is 0.0879. The molecule has 0 aromatic carbocycles. The molecule has 0 heterocycles. The summed E-state index contributed by atoms with van der Waals surface area (Å²) in [5, 5.41) is 0. The zero-order valence-corrected chi connectivity index (χ0v) is 12.5. The molecule has 6 heteroatoms. The van der Waals surface area contributed by atoms with E-state index >= 15 is 0 Å². The van der Waals surface area contributed by atoms with Gasteiger partial charge in [0.25, 0.3) is 0 Å². The topological polar surface area (TPSA) is 55.4 Å². The molecule has 0 rings (SSSR count). The van der Waals surface area contributed by atoms with Crippen LogP contribution >= 0.6 is 11.8 Å². The summed E-state index contributed by atoms with van der Waals surface area (Å²) in [6, 6.07) is -0.331. The van der Waals surface area contributed by atoms with Gasteiger partial charge in [-0.25, -0.2) is 0 Å². The molecule has 0 saturated heterocycles. The average Bonchev–Trinajstić information content (AvgIpc) is 2.25. The van der Waals surface area contributed by atoms with Gasteiger partial charge in [-0.2, -0.15) is 0 Å². The summed E-state index contributed by atoms with van der Waals surface area (Å²) < 4.78 is 8.15. The van der Waals surface area contributed by atoms with Crippen molar-refractivity contribution in [3.63, 3.8) is 0 Å². The molecule has 0 fully saturated rings. The predicted molar refractivity (Wildman–Crippen MR) is 67.6 cm³/mol. The molecular weight excluding hydrogens is 293 g/mol. The van der Waals surface area contributed by atoms with E-state index in [2.05, 4.69) is 4.33 Å². The molecule has 0 aliphatic heterocycles. The van der Waals surface area contributed by atoms with Crippen LogP contribution in [0.3, 0.4) is 0 Å². The number of esters is 1. The average molecular weight is 312 g/mol. The van der Waals surface area contributed by atoms with Crippen molar-refractivity contribution in [2.24, 2.45) is 0 Å². The molecule has 0 radical (unpaired) electrons. The Balaban J connectivity index is 4.06. The van der Waals surface area contributed by atoms with E-state index in [1.165, 1.54) is 6.92 Å². The van der Waals surface area contributed by atoms with Crippen molar-refractivity contribution in [2.45, 2.75) is 32.7 Å². The Morgan fingerprint density at radius 2 is 2.19 bits per heavy atom. The normalized spacial score (nSPS) is 12.2. The Bertz CT molecular complexity index is 226. The Labute approximate surface area is 108 Å². The van der Waals surface area contributed by atoms with E-state index in [9.17, 15) is 9.59 Å².